The molecule has 0 saturated carbocycles. The summed E-state index contributed by atoms with van der Waals surface area (Å²) in [6.07, 6.45) is 1.11. The van der Waals surface area contributed by atoms with Crippen molar-refractivity contribution in [3.63, 3.8) is 0 Å². The van der Waals surface area contributed by atoms with Gasteiger partial charge in [-0.05, 0) is 24.3 Å². The molecule has 0 radical (unpaired) electrons. The van der Waals surface area contributed by atoms with Gasteiger partial charge in [0.05, 0.1) is 41.6 Å². The molecule has 2 N–H and O–H groups in total. The van der Waals surface area contributed by atoms with E-state index in [1.165, 1.54) is 26.4 Å². The van der Waals surface area contributed by atoms with Crippen LogP contribution in [-0.2, 0) is 9.47 Å². The topological polar surface area (TPSA) is 146 Å². The summed E-state index contributed by atoms with van der Waals surface area (Å²) in [6.45, 7) is 0. The predicted octanol–water partition coefficient (Wildman–Crippen LogP) is 3.45. The zero-order valence-corrected chi connectivity index (χ0v) is 16.5. The van der Waals surface area contributed by atoms with Gasteiger partial charge in [0, 0.05) is 0 Å². The Morgan fingerprint density at radius 2 is 1.26 bits per heavy atom. The van der Waals surface area contributed by atoms with Gasteiger partial charge in [-0.25, -0.2) is 19.6 Å². The minimum atomic E-state index is -0.674. The van der Waals surface area contributed by atoms with E-state index in [0.717, 1.165) is 6.33 Å². The molecule has 0 bridgehead atoms. The molecule has 1 aromatic heterocycles. The zero-order chi connectivity index (χ0) is 22.4. The molecule has 3 rings (SSSR count). The highest BCUT2D eigenvalue weighted by molar-refractivity contribution is 5.98. The fraction of sp³-hybridized carbons (Fsp3) is 0.100. The Bertz CT molecular complexity index is 1070. The first-order valence-electron chi connectivity index (χ1n) is 8.84. The number of esters is 2. The van der Waals surface area contributed by atoms with Crippen molar-refractivity contribution in [2.45, 2.75) is 0 Å². The maximum Gasteiger partial charge on any atom is 0.353 e. The second kappa shape index (κ2) is 9.31. The standard InChI is InChI=1S/C20H17N5O6/c1-30-19(26)12-7-3-5-9-14(12)23-17-16(25(28)29)18(22-11-21-17)24-15-10-6-4-8-13(15)20(27)31-2/h3-11H,1-2H3,(H2,21,22,23,24). The second-order valence-corrected chi connectivity index (χ2v) is 6.00. The van der Waals surface area contributed by atoms with E-state index in [1.807, 2.05) is 0 Å². The van der Waals surface area contributed by atoms with Crippen molar-refractivity contribution in [3.8, 4) is 0 Å². The third-order valence-electron chi connectivity index (χ3n) is 4.18. The van der Waals surface area contributed by atoms with Crippen LogP contribution in [0.5, 0.6) is 0 Å². The van der Waals surface area contributed by atoms with Crippen LogP contribution in [0.2, 0.25) is 0 Å². The van der Waals surface area contributed by atoms with Crippen LogP contribution >= 0.6 is 0 Å². The van der Waals surface area contributed by atoms with Crippen LogP contribution in [0.1, 0.15) is 20.7 Å². The van der Waals surface area contributed by atoms with Crippen molar-refractivity contribution < 1.29 is 24.0 Å². The highest BCUT2D eigenvalue weighted by Crippen LogP contribution is 2.34. The molecule has 0 unspecified atom stereocenters. The van der Waals surface area contributed by atoms with Crippen molar-refractivity contribution in [1.29, 1.82) is 0 Å². The number of aromatic nitrogens is 2. The first-order chi connectivity index (χ1) is 15.0. The van der Waals surface area contributed by atoms with Crippen LogP contribution in [-0.4, -0.2) is 41.0 Å². The summed E-state index contributed by atoms with van der Waals surface area (Å²) in [5.41, 5.74) is 0.378. The number of nitrogens with one attached hydrogen (secondary N) is 2. The highest BCUT2D eigenvalue weighted by atomic mass is 16.6. The monoisotopic (exact) mass is 423 g/mol. The van der Waals surface area contributed by atoms with Gasteiger partial charge in [-0.1, -0.05) is 24.3 Å². The summed E-state index contributed by atoms with van der Waals surface area (Å²) in [6, 6.07) is 12.7. The van der Waals surface area contributed by atoms with Gasteiger partial charge in [-0.2, -0.15) is 0 Å². The highest BCUT2D eigenvalue weighted by Gasteiger charge is 2.25. The lowest BCUT2D eigenvalue weighted by atomic mass is 10.1. The molecule has 0 atom stereocenters. The fourth-order valence-corrected chi connectivity index (χ4v) is 2.75. The Kier molecular flexibility index (Phi) is 6.36. The van der Waals surface area contributed by atoms with Gasteiger partial charge >= 0.3 is 17.6 Å². The second-order valence-electron chi connectivity index (χ2n) is 6.00. The third-order valence-corrected chi connectivity index (χ3v) is 4.18. The molecule has 0 aliphatic rings. The minimum Gasteiger partial charge on any atom is -0.465 e. The molecule has 11 heteroatoms. The third kappa shape index (κ3) is 4.56. The number of hydrogen-bond donors (Lipinski definition) is 2. The van der Waals surface area contributed by atoms with Gasteiger partial charge in [0.2, 0.25) is 11.6 Å². The normalized spacial score (nSPS) is 10.1. The molecule has 31 heavy (non-hydrogen) atoms. The Hall–Kier alpha value is -4.54. The quantitative estimate of drug-likeness (QED) is 0.329. The van der Waals surface area contributed by atoms with Crippen LogP contribution in [0.3, 0.4) is 0 Å². The van der Waals surface area contributed by atoms with Gasteiger partial charge in [-0.3, -0.25) is 10.1 Å². The molecule has 0 spiro atoms. The van der Waals surface area contributed by atoms with Crippen molar-refractivity contribution in [1.82, 2.24) is 9.97 Å². The molecular weight excluding hydrogens is 406 g/mol. The van der Waals surface area contributed by atoms with Crippen LogP contribution in [0.4, 0.5) is 28.7 Å². The van der Waals surface area contributed by atoms with Gasteiger partial charge < -0.3 is 20.1 Å². The van der Waals surface area contributed by atoms with Gasteiger partial charge in [0.15, 0.2) is 0 Å². The Labute approximate surface area is 176 Å². The number of methoxy groups -OCH3 is 2. The molecule has 158 valence electrons. The summed E-state index contributed by atoms with van der Waals surface area (Å²) in [7, 11) is 2.46. The number of carbonyl (C=O) groups excluding carboxylic acids is 2. The van der Waals surface area contributed by atoms with Gasteiger partial charge in [-0.15, -0.1) is 0 Å². The van der Waals surface area contributed by atoms with E-state index in [-0.39, 0.29) is 34.1 Å². The summed E-state index contributed by atoms with van der Waals surface area (Å²) in [5.74, 6) is -1.56. The van der Waals surface area contributed by atoms with Crippen LogP contribution in [0.25, 0.3) is 0 Å². The maximum atomic E-state index is 12.0. The zero-order valence-electron chi connectivity index (χ0n) is 16.5. The summed E-state index contributed by atoms with van der Waals surface area (Å²) < 4.78 is 9.48. The molecule has 1 heterocycles. The molecular formula is C20H17N5O6. The van der Waals surface area contributed by atoms with Crippen molar-refractivity contribution >= 4 is 40.6 Å². The number of benzene rings is 2. The molecule has 0 fully saturated rings. The molecule has 3 aromatic rings. The predicted molar refractivity (Wildman–Crippen MR) is 111 cm³/mol. The smallest absolute Gasteiger partial charge is 0.353 e. The van der Waals surface area contributed by atoms with E-state index in [9.17, 15) is 19.7 Å². The van der Waals surface area contributed by atoms with Crippen LogP contribution in [0.15, 0.2) is 54.9 Å². The SMILES string of the molecule is COC(=O)c1ccccc1Nc1ncnc(Nc2ccccc2C(=O)OC)c1[N+](=O)[O-]. The van der Waals surface area contributed by atoms with Crippen molar-refractivity contribution in [2.75, 3.05) is 24.9 Å². The van der Waals surface area contributed by atoms with Crippen LogP contribution < -0.4 is 10.6 Å². The Morgan fingerprint density at radius 3 is 1.65 bits per heavy atom. The summed E-state index contributed by atoms with van der Waals surface area (Å²) >= 11 is 0. The van der Waals surface area contributed by atoms with Crippen molar-refractivity contribution in [2.24, 2.45) is 0 Å². The summed E-state index contributed by atoms with van der Waals surface area (Å²) in [4.78, 5) is 43.1. The number of para-hydroxylation sites is 2. The van der Waals surface area contributed by atoms with E-state index in [2.05, 4.69) is 20.6 Å². The van der Waals surface area contributed by atoms with E-state index in [0.29, 0.717) is 0 Å². The number of nitrogens with zero attached hydrogens (tertiary/aromatic N) is 3. The molecule has 0 aliphatic carbocycles. The van der Waals surface area contributed by atoms with E-state index < -0.39 is 22.5 Å². The number of ether oxygens (including phenoxy) is 2. The van der Waals surface area contributed by atoms with Crippen molar-refractivity contribution in [3.05, 3.63) is 76.1 Å². The largest absolute Gasteiger partial charge is 0.465 e. The van der Waals surface area contributed by atoms with Gasteiger partial charge in [0.1, 0.15) is 6.33 Å². The average Bonchev–Trinajstić information content (AvgIpc) is 2.78. The maximum absolute atomic E-state index is 12.0. The van der Waals surface area contributed by atoms with Gasteiger partial charge in [0.25, 0.3) is 0 Å². The Balaban J connectivity index is 2.04. The first kappa shape index (κ1) is 21.2. The number of carbonyl (C=O) groups is 2. The number of anilines is 4. The molecule has 2 aromatic carbocycles. The number of nitro groups is 1. The molecule has 0 amide bonds. The van der Waals surface area contributed by atoms with E-state index in [4.69, 9.17) is 9.47 Å². The summed E-state index contributed by atoms with van der Waals surface area (Å²) in [5, 5.41) is 17.4. The molecule has 0 aliphatic heterocycles. The lowest BCUT2D eigenvalue weighted by Crippen LogP contribution is -2.10. The van der Waals surface area contributed by atoms with E-state index >= 15 is 0 Å². The lowest BCUT2D eigenvalue weighted by molar-refractivity contribution is -0.383. The first-order valence-corrected chi connectivity index (χ1v) is 8.84. The lowest BCUT2D eigenvalue weighted by Gasteiger charge is -2.13. The average molecular weight is 423 g/mol. The number of rotatable bonds is 7. The van der Waals surface area contributed by atoms with Crippen LogP contribution in [0, 0.1) is 10.1 Å². The molecule has 11 nitrogen and oxygen atoms in total. The number of hydrogen-bond acceptors (Lipinski definition) is 10. The van der Waals surface area contributed by atoms with E-state index in [1.54, 1.807) is 36.4 Å². The fourth-order valence-electron chi connectivity index (χ4n) is 2.75. The Morgan fingerprint density at radius 1 is 0.839 bits per heavy atom. The molecule has 0 saturated heterocycles. The minimum absolute atomic E-state index is 0.158.